The molecule has 1 aliphatic heterocycles. The Morgan fingerprint density at radius 3 is 2.30 bits per heavy atom. The Morgan fingerprint density at radius 2 is 1.57 bits per heavy atom. The number of fused-ring (bicyclic) bond motifs is 3. The van der Waals surface area contributed by atoms with Gasteiger partial charge in [0.25, 0.3) is 0 Å². The van der Waals surface area contributed by atoms with Gasteiger partial charge in [0.2, 0.25) is 0 Å². The molecule has 5 aromatic rings. The van der Waals surface area contributed by atoms with Crippen LogP contribution in [0.3, 0.4) is 0 Å². The fraction of sp³-hybridized carbons (Fsp3) is 0.242. The molecule has 2 aromatic heterocycles. The third-order valence-corrected chi connectivity index (χ3v) is 7.81. The lowest BCUT2D eigenvalue weighted by molar-refractivity contribution is 0.313. The van der Waals surface area contributed by atoms with Crippen LogP contribution in [-0.4, -0.2) is 47.7 Å². The van der Waals surface area contributed by atoms with Crippen molar-refractivity contribution in [3.8, 4) is 11.1 Å². The maximum Gasteiger partial charge on any atom is 0.141 e. The lowest BCUT2D eigenvalue weighted by atomic mass is 9.96. The number of aromatic nitrogens is 2. The Morgan fingerprint density at radius 1 is 0.838 bits per heavy atom. The summed E-state index contributed by atoms with van der Waals surface area (Å²) in [6.45, 7) is 6.65. The summed E-state index contributed by atoms with van der Waals surface area (Å²) >= 11 is 0. The van der Waals surface area contributed by atoms with Crippen LogP contribution in [-0.2, 0) is 7.05 Å². The molecule has 4 heteroatoms. The SMILES string of the molecule is CC/C(=C\c1ccccc1)c1ccnc2c1c1cc(-c3ccc(N4CCN(C)CC4)cc3)ccc1n2C. The predicted octanol–water partition coefficient (Wildman–Crippen LogP) is 7.10. The van der Waals surface area contributed by atoms with Gasteiger partial charge in [-0.05, 0) is 71.6 Å². The van der Waals surface area contributed by atoms with Crippen LogP contribution in [0.15, 0.2) is 85.1 Å². The van der Waals surface area contributed by atoms with Crippen LogP contribution in [0.4, 0.5) is 5.69 Å². The second-order valence-corrected chi connectivity index (χ2v) is 10.1. The Kier molecular flexibility index (Phi) is 6.27. The van der Waals surface area contributed by atoms with Gasteiger partial charge >= 0.3 is 0 Å². The zero-order chi connectivity index (χ0) is 25.4. The third kappa shape index (κ3) is 4.42. The monoisotopic (exact) mass is 486 g/mol. The number of rotatable bonds is 5. The van der Waals surface area contributed by atoms with Gasteiger partial charge in [0.15, 0.2) is 0 Å². The summed E-state index contributed by atoms with van der Waals surface area (Å²) in [4.78, 5) is 9.68. The molecule has 0 bridgehead atoms. The second-order valence-electron chi connectivity index (χ2n) is 10.1. The quantitative estimate of drug-likeness (QED) is 0.265. The second kappa shape index (κ2) is 9.87. The molecule has 3 heterocycles. The largest absolute Gasteiger partial charge is 0.369 e. The van der Waals surface area contributed by atoms with E-state index in [1.807, 2.05) is 6.20 Å². The van der Waals surface area contributed by atoms with E-state index in [4.69, 9.17) is 4.98 Å². The highest BCUT2D eigenvalue weighted by Crippen LogP contribution is 2.37. The number of nitrogens with zero attached hydrogens (tertiary/aromatic N) is 4. The predicted molar refractivity (Wildman–Crippen MR) is 158 cm³/mol. The summed E-state index contributed by atoms with van der Waals surface area (Å²) in [6.07, 6.45) is 5.22. The fourth-order valence-corrected chi connectivity index (χ4v) is 5.61. The van der Waals surface area contributed by atoms with Crippen molar-refractivity contribution in [3.05, 3.63) is 96.2 Å². The molecular weight excluding hydrogens is 452 g/mol. The number of pyridine rings is 1. The molecule has 1 fully saturated rings. The van der Waals surface area contributed by atoms with Gasteiger partial charge in [0, 0.05) is 55.9 Å². The zero-order valence-corrected chi connectivity index (χ0v) is 22.0. The van der Waals surface area contributed by atoms with Crippen molar-refractivity contribution in [1.82, 2.24) is 14.5 Å². The number of piperazine rings is 1. The van der Waals surface area contributed by atoms with Gasteiger partial charge in [-0.3, -0.25) is 0 Å². The molecule has 3 aromatic carbocycles. The van der Waals surface area contributed by atoms with E-state index in [0.717, 1.165) is 38.2 Å². The first kappa shape index (κ1) is 23.5. The molecular formula is C33H34N4. The van der Waals surface area contributed by atoms with E-state index in [9.17, 15) is 0 Å². The van der Waals surface area contributed by atoms with Gasteiger partial charge in [0.1, 0.15) is 5.65 Å². The lowest BCUT2D eigenvalue weighted by Gasteiger charge is -2.34. The number of aryl methyl sites for hydroxylation is 1. The van der Waals surface area contributed by atoms with Crippen LogP contribution < -0.4 is 4.90 Å². The first-order valence-electron chi connectivity index (χ1n) is 13.3. The highest BCUT2D eigenvalue weighted by atomic mass is 15.2. The third-order valence-electron chi connectivity index (χ3n) is 7.81. The van der Waals surface area contributed by atoms with Crippen molar-refractivity contribution < 1.29 is 0 Å². The van der Waals surface area contributed by atoms with Crippen molar-refractivity contribution in [2.24, 2.45) is 7.05 Å². The minimum absolute atomic E-state index is 0.956. The molecule has 0 atom stereocenters. The number of hydrogen-bond donors (Lipinski definition) is 0. The number of anilines is 1. The maximum absolute atomic E-state index is 4.80. The number of benzene rings is 3. The molecule has 0 spiro atoms. The van der Waals surface area contributed by atoms with Gasteiger partial charge in [-0.25, -0.2) is 4.98 Å². The summed E-state index contributed by atoms with van der Waals surface area (Å²) in [7, 11) is 4.32. The number of hydrogen-bond acceptors (Lipinski definition) is 3. The molecule has 0 amide bonds. The first-order chi connectivity index (χ1) is 18.1. The topological polar surface area (TPSA) is 24.3 Å². The van der Waals surface area contributed by atoms with Crippen LogP contribution in [0.1, 0.15) is 24.5 Å². The van der Waals surface area contributed by atoms with E-state index in [1.165, 1.54) is 49.8 Å². The van der Waals surface area contributed by atoms with E-state index in [1.54, 1.807) is 0 Å². The highest BCUT2D eigenvalue weighted by Gasteiger charge is 2.17. The van der Waals surface area contributed by atoms with Gasteiger partial charge in [0.05, 0.1) is 5.52 Å². The molecule has 0 saturated carbocycles. The molecule has 1 aliphatic rings. The lowest BCUT2D eigenvalue weighted by Crippen LogP contribution is -2.44. The van der Waals surface area contributed by atoms with Gasteiger partial charge in [-0.1, -0.05) is 61.5 Å². The molecule has 0 unspecified atom stereocenters. The van der Waals surface area contributed by atoms with Crippen molar-refractivity contribution in [3.63, 3.8) is 0 Å². The zero-order valence-electron chi connectivity index (χ0n) is 22.0. The summed E-state index contributed by atoms with van der Waals surface area (Å²) in [5.74, 6) is 0. The smallest absolute Gasteiger partial charge is 0.141 e. The molecule has 0 N–H and O–H groups in total. The average Bonchev–Trinajstić information content (AvgIpc) is 3.24. The normalized spacial score (nSPS) is 15.1. The Bertz CT molecular complexity index is 1570. The fourth-order valence-electron chi connectivity index (χ4n) is 5.61. The maximum atomic E-state index is 4.80. The van der Waals surface area contributed by atoms with Crippen LogP contribution in [0.25, 0.3) is 44.7 Å². The van der Waals surface area contributed by atoms with Crippen LogP contribution in [0.5, 0.6) is 0 Å². The van der Waals surface area contributed by atoms with Gasteiger partial charge < -0.3 is 14.4 Å². The Labute approximate surface area is 219 Å². The molecule has 0 radical (unpaired) electrons. The van der Waals surface area contributed by atoms with E-state index in [-0.39, 0.29) is 0 Å². The number of likely N-dealkylation sites (N-methyl/N-ethyl adjacent to an activating group) is 1. The van der Waals surface area contributed by atoms with E-state index >= 15 is 0 Å². The van der Waals surface area contributed by atoms with Gasteiger partial charge in [-0.2, -0.15) is 0 Å². The number of allylic oxidation sites excluding steroid dienone is 1. The molecule has 6 rings (SSSR count). The van der Waals surface area contributed by atoms with E-state index in [0.29, 0.717) is 0 Å². The molecule has 37 heavy (non-hydrogen) atoms. The van der Waals surface area contributed by atoms with Crippen molar-refractivity contribution in [1.29, 1.82) is 0 Å². The van der Waals surface area contributed by atoms with Gasteiger partial charge in [-0.15, -0.1) is 0 Å². The summed E-state index contributed by atoms with van der Waals surface area (Å²) in [5.41, 5.74) is 9.87. The van der Waals surface area contributed by atoms with E-state index < -0.39 is 0 Å². The molecule has 186 valence electrons. The molecule has 1 saturated heterocycles. The summed E-state index contributed by atoms with van der Waals surface area (Å²) in [6, 6.07) is 28.7. The first-order valence-corrected chi connectivity index (χ1v) is 13.3. The Hall–Kier alpha value is -3.89. The molecule has 0 aliphatic carbocycles. The van der Waals surface area contributed by atoms with Crippen molar-refractivity contribution >= 4 is 39.3 Å². The van der Waals surface area contributed by atoms with Crippen molar-refractivity contribution in [2.45, 2.75) is 13.3 Å². The Balaban J connectivity index is 1.43. The van der Waals surface area contributed by atoms with Crippen LogP contribution >= 0.6 is 0 Å². The van der Waals surface area contributed by atoms with Crippen LogP contribution in [0.2, 0.25) is 0 Å². The molecule has 4 nitrogen and oxygen atoms in total. The highest BCUT2D eigenvalue weighted by molar-refractivity contribution is 6.13. The van der Waals surface area contributed by atoms with Crippen molar-refractivity contribution in [2.75, 3.05) is 38.1 Å². The minimum atomic E-state index is 0.956. The standard InChI is InChI=1S/C33H34N4/c1-4-25(22-24-8-6-5-7-9-24)29-16-17-34-33-32(29)30-23-27(12-15-31(30)36(33)3)26-10-13-28(14-11-26)37-20-18-35(2)19-21-37/h5-17,22-23H,4,18-21H2,1-3H3/b25-22+. The summed E-state index contributed by atoms with van der Waals surface area (Å²) < 4.78 is 2.23. The van der Waals surface area contributed by atoms with Crippen LogP contribution in [0, 0.1) is 0 Å². The minimum Gasteiger partial charge on any atom is -0.369 e. The average molecular weight is 487 g/mol. The summed E-state index contributed by atoms with van der Waals surface area (Å²) in [5, 5.41) is 2.49. The van der Waals surface area contributed by atoms with E-state index in [2.05, 4.69) is 120 Å².